The van der Waals surface area contributed by atoms with Gasteiger partial charge in [-0.25, -0.2) is 14.0 Å². The molecule has 1 aliphatic heterocycles. The number of carboxylic acid groups (broad SMARTS) is 1. The summed E-state index contributed by atoms with van der Waals surface area (Å²) >= 11 is 1.44. The molecule has 0 bridgehead atoms. The summed E-state index contributed by atoms with van der Waals surface area (Å²) in [5, 5.41) is 11.6. The van der Waals surface area contributed by atoms with Gasteiger partial charge < -0.3 is 10.4 Å². The van der Waals surface area contributed by atoms with Crippen LogP contribution in [0.5, 0.6) is 0 Å². The van der Waals surface area contributed by atoms with E-state index in [1.807, 2.05) is 0 Å². The zero-order valence-electron chi connectivity index (χ0n) is 11.6. The third-order valence-corrected chi connectivity index (χ3v) is 4.54. The molecular weight excluding hydrogens is 295 g/mol. The summed E-state index contributed by atoms with van der Waals surface area (Å²) < 4.78 is 13.0. The van der Waals surface area contributed by atoms with Crippen molar-refractivity contribution in [3.63, 3.8) is 0 Å². The minimum Gasteiger partial charge on any atom is -0.480 e. The molecule has 0 saturated carbocycles. The Labute approximate surface area is 126 Å². The van der Waals surface area contributed by atoms with Crippen LogP contribution in [-0.4, -0.2) is 45.7 Å². The van der Waals surface area contributed by atoms with Crippen LogP contribution in [0.15, 0.2) is 24.3 Å². The Morgan fingerprint density at radius 3 is 2.95 bits per heavy atom. The van der Waals surface area contributed by atoms with Gasteiger partial charge in [0.15, 0.2) is 0 Å². The number of carbonyl (C=O) groups excluding carboxylic acids is 1. The number of halogens is 1. The normalized spacial score (nSPS) is 21.3. The highest BCUT2D eigenvalue weighted by molar-refractivity contribution is 8.00. The lowest BCUT2D eigenvalue weighted by molar-refractivity contribution is -0.141. The molecule has 0 radical (unpaired) electrons. The first-order valence-corrected chi connectivity index (χ1v) is 7.69. The molecule has 7 heteroatoms. The molecule has 2 N–H and O–H groups in total. The fourth-order valence-corrected chi connectivity index (χ4v) is 3.41. The summed E-state index contributed by atoms with van der Waals surface area (Å²) in [5.41, 5.74) is 0.786. The summed E-state index contributed by atoms with van der Waals surface area (Å²) in [7, 11) is 0. The van der Waals surface area contributed by atoms with E-state index in [-0.39, 0.29) is 11.2 Å². The summed E-state index contributed by atoms with van der Waals surface area (Å²) in [5.74, 6) is -0.908. The van der Waals surface area contributed by atoms with E-state index in [9.17, 15) is 14.0 Å². The van der Waals surface area contributed by atoms with E-state index in [0.717, 1.165) is 5.56 Å². The van der Waals surface area contributed by atoms with Gasteiger partial charge in [0.1, 0.15) is 11.9 Å². The molecular formula is C14H17FN2O3S. The Morgan fingerprint density at radius 2 is 2.29 bits per heavy atom. The second-order valence-corrected chi connectivity index (χ2v) is 6.15. The number of benzene rings is 1. The minimum absolute atomic E-state index is 0.166. The Morgan fingerprint density at radius 1 is 1.52 bits per heavy atom. The lowest BCUT2D eigenvalue weighted by Crippen LogP contribution is -2.49. The quantitative estimate of drug-likeness (QED) is 0.891. The molecule has 1 aromatic rings. The number of nitrogens with one attached hydrogen (secondary N) is 1. The Bertz CT molecular complexity index is 541. The molecule has 0 spiro atoms. The van der Waals surface area contributed by atoms with Crippen LogP contribution < -0.4 is 5.32 Å². The fraction of sp³-hybridized carbons (Fsp3) is 0.429. The zero-order valence-corrected chi connectivity index (χ0v) is 12.4. The van der Waals surface area contributed by atoms with Crippen molar-refractivity contribution in [3.8, 4) is 0 Å². The van der Waals surface area contributed by atoms with Crippen LogP contribution in [0.2, 0.25) is 0 Å². The number of hydrogen-bond donors (Lipinski definition) is 2. The molecule has 1 saturated heterocycles. The maximum Gasteiger partial charge on any atom is 0.327 e. The predicted molar refractivity (Wildman–Crippen MR) is 78.7 cm³/mol. The molecule has 2 rings (SSSR count). The number of carbonyl (C=O) groups is 2. The summed E-state index contributed by atoms with van der Waals surface area (Å²) in [6.45, 7) is 2.14. The van der Waals surface area contributed by atoms with Crippen LogP contribution in [-0.2, 0) is 11.2 Å². The molecule has 2 unspecified atom stereocenters. The zero-order chi connectivity index (χ0) is 15.4. The van der Waals surface area contributed by atoms with Crippen LogP contribution in [0, 0.1) is 5.82 Å². The first kappa shape index (κ1) is 15.6. The van der Waals surface area contributed by atoms with Crippen molar-refractivity contribution in [3.05, 3.63) is 35.6 Å². The highest BCUT2D eigenvalue weighted by atomic mass is 32.2. The van der Waals surface area contributed by atoms with Gasteiger partial charge in [-0.2, -0.15) is 0 Å². The van der Waals surface area contributed by atoms with Gasteiger partial charge in [0.25, 0.3) is 0 Å². The maximum absolute atomic E-state index is 13.0. The van der Waals surface area contributed by atoms with Crippen LogP contribution in [0.25, 0.3) is 0 Å². The Kier molecular flexibility index (Phi) is 5.06. The highest BCUT2D eigenvalue weighted by Crippen LogP contribution is 2.28. The highest BCUT2D eigenvalue weighted by Gasteiger charge is 2.39. The van der Waals surface area contributed by atoms with Crippen LogP contribution in [0.3, 0.4) is 0 Å². The topological polar surface area (TPSA) is 69.6 Å². The minimum atomic E-state index is -0.993. The number of urea groups is 1. The molecule has 1 fully saturated rings. The van der Waals surface area contributed by atoms with E-state index in [4.69, 9.17) is 5.11 Å². The van der Waals surface area contributed by atoms with Crippen molar-refractivity contribution in [2.24, 2.45) is 0 Å². The second kappa shape index (κ2) is 6.80. The van der Waals surface area contributed by atoms with Crippen LogP contribution in [0.1, 0.15) is 12.5 Å². The number of nitrogens with zero attached hydrogens (tertiary/aromatic N) is 1. The molecule has 1 aliphatic rings. The largest absolute Gasteiger partial charge is 0.480 e. The average molecular weight is 312 g/mol. The Hall–Kier alpha value is -1.76. The van der Waals surface area contributed by atoms with Gasteiger partial charge in [0.2, 0.25) is 0 Å². The van der Waals surface area contributed by atoms with E-state index in [1.165, 1.54) is 28.8 Å². The van der Waals surface area contributed by atoms with E-state index in [0.29, 0.717) is 18.7 Å². The number of carboxylic acids is 1. The number of rotatable bonds is 4. The van der Waals surface area contributed by atoms with Crippen LogP contribution in [0.4, 0.5) is 9.18 Å². The monoisotopic (exact) mass is 312 g/mol. The fourth-order valence-electron chi connectivity index (χ4n) is 2.24. The van der Waals surface area contributed by atoms with Crippen molar-refractivity contribution >= 4 is 23.8 Å². The molecule has 2 atom stereocenters. The number of amides is 2. The molecule has 21 heavy (non-hydrogen) atoms. The first-order valence-electron chi connectivity index (χ1n) is 6.64. The van der Waals surface area contributed by atoms with Crippen molar-refractivity contribution in [2.75, 3.05) is 12.3 Å². The molecule has 5 nitrogen and oxygen atoms in total. The summed E-state index contributed by atoms with van der Waals surface area (Å²) in [6.07, 6.45) is 0.497. The van der Waals surface area contributed by atoms with Gasteiger partial charge in [-0.15, -0.1) is 11.8 Å². The maximum atomic E-state index is 13.0. The van der Waals surface area contributed by atoms with Crippen LogP contribution >= 0.6 is 11.8 Å². The SMILES string of the molecule is CC1SCC(C(=O)O)N1C(=O)NCCc1cccc(F)c1. The van der Waals surface area contributed by atoms with Crippen molar-refractivity contribution in [1.29, 1.82) is 0 Å². The van der Waals surface area contributed by atoms with Gasteiger partial charge in [-0.1, -0.05) is 12.1 Å². The van der Waals surface area contributed by atoms with Crippen molar-refractivity contribution in [2.45, 2.75) is 24.8 Å². The average Bonchev–Trinajstić information content (AvgIpc) is 2.81. The third-order valence-electron chi connectivity index (χ3n) is 3.32. The standard InChI is InChI=1S/C14H17FN2O3S/c1-9-17(12(8-21-9)13(18)19)14(20)16-6-5-10-3-2-4-11(15)7-10/h2-4,7,9,12H,5-6,8H2,1H3,(H,16,20)(H,18,19). The van der Waals surface area contributed by atoms with E-state index >= 15 is 0 Å². The molecule has 0 aromatic heterocycles. The Balaban J connectivity index is 1.88. The van der Waals surface area contributed by atoms with E-state index in [1.54, 1.807) is 19.1 Å². The van der Waals surface area contributed by atoms with E-state index < -0.39 is 18.0 Å². The van der Waals surface area contributed by atoms with Gasteiger partial charge in [-0.3, -0.25) is 4.90 Å². The van der Waals surface area contributed by atoms with E-state index in [2.05, 4.69) is 5.32 Å². The molecule has 1 heterocycles. The van der Waals surface area contributed by atoms with Gasteiger partial charge in [0, 0.05) is 12.3 Å². The lowest BCUT2D eigenvalue weighted by atomic mass is 10.1. The number of aliphatic carboxylic acids is 1. The predicted octanol–water partition coefficient (Wildman–Crippen LogP) is 1.93. The smallest absolute Gasteiger partial charge is 0.327 e. The molecule has 1 aromatic carbocycles. The molecule has 2 amide bonds. The summed E-state index contributed by atoms with van der Waals surface area (Å²) in [4.78, 5) is 24.6. The van der Waals surface area contributed by atoms with Gasteiger partial charge >= 0.3 is 12.0 Å². The molecule has 0 aliphatic carbocycles. The van der Waals surface area contributed by atoms with Gasteiger partial charge in [0.05, 0.1) is 5.37 Å². The van der Waals surface area contributed by atoms with Gasteiger partial charge in [-0.05, 0) is 31.0 Å². The lowest BCUT2D eigenvalue weighted by Gasteiger charge is -2.25. The first-order chi connectivity index (χ1) is 9.99. The third kappa shape index (κ3) is 3.87. The number of thioether (sulfide) groups is 1. The second-order valence-electron chi connectivity index (χ2n) is 4.81. The summed E-state index contributed by atoms with van der Waals surface area (Å²) in [6, 6.07) is 4.99. The molecule has 114 valence electrons. The number of hydrogen-bond acceptors (Lipinski definition) is 3. The van der Waals surface area contributed by atoms with Crippen molar-refractivity contribution in [1.82, 2.24) is 10.2 Å². The van der Waals surface area contributed by atoms with Crippen molar-refractivity contribution < 1.29 is 19.1 Å².